The van der Waals surface area contributed by atoms with E-state index in [4.69, 9.17) is 14.2 Å². The Balaban J connectivity index is 1.50. The molecule has 0 radical (unpaired) electrons. The molecule has 1 amide bonds. The smallest absolute Gasteiger partial charge is 0.253 e. The van der Waals surface area contributed by atoms with Gasteiger partial charge in [-0.1, -0.05) is 13.0 Å². The lowest BCUT2D eigenvalue weighted by molar-refractivity contribution is -0.141. The van der Waals surface area contributed by atoms with Gasteiger partial charge in [0, 0.05) is 30.5 Å². The molecule has 2 aliphatic rings. The predicted octanol–water partition coefficient (Wildman–Crippen LogP) is 1.03. The normalized spacial score (nSPS) is 23.7. The SMILES string of the molecule is COc1ccc(N2CC(Oc3cc([C@@H]4CN(C(=O)[C@@H](O)CO)C[C@@]4(C)[C@@H](C)O)ccc3OC)C2)cn1. The number of hydrogen-bond donors (Lipinski definition) is 3. The van der Waals surface area contributed by atoms with Crippen molar-refractivity contribution in [2.75, 3.05) is 51.9 Å². The van der Waals surface area contributed by atoms with Gasteiger partial charge in [0.05, 0.1) is 51.9 Å². The maximum Gasteiger partial charge on any atom is 0.253 e. The number of methoxy groups -OCH3 is 2. The number of aliphatic hydroxyl groups excluding tert-OH is 3. The van der Waals surface area contributed by atoms with E-state index in [0.717, 1.165) is 11.3 Å². The maximum absolute atomic E-state index is 12.6. The quantitative estimate of drug-likeness (QED) is 0.462. The van der Waals surface area contributed by atoms with Crippen LogP contribution in [0.15, 0.2) is 36.5 Å². The van der Waals surface area contributed by atoms with Gasteiger partial charge in [-0.05, 0) is 30.7 Å². The molecule has 0 unspecified atom stereocenters. The third-order valence-corrected chi connectivity index (χ3v) is 7.48. The highest BCUT2D eigenvalue weighted by atomic mass is 16.5. The zero-order valence-corrected chi connectivity index (χ0v) is 21.1. The van der Waals surface area contributed by atoms with E-state index in [1.807, 2.05) is 37.3 Å². The molecule has 1 aromatic heterocycles. The Hall–Kier alpha value is -3.08. The van der Waals surface area contributed by atoms with Gasteiger partial charge in [-0.3, -0.25) is 4.79 Å². The van der Waals surface area contributed by atoms with Crippen molar-refractivity contribution < 1.29 is 34.3 Å². The molecule has 4 rings (SSSR count). The Morgan fingerprint density at radius 1 is 1.14 bits per heavy atom. The third-order valence-electron chi connectivity index (χ3n) is 7.48. The molecular formula is C26H35N3O7. The monoisotopic (exact) mass is 501 g/mol. The number of hydrogen-bond acceptors (Lipinski definition) is 9. The summed E-state index contributed by atoms with van der Waals surface area (Å²) in [7, 11) is 3.17. The van der Waals surface area contributed by atoms with Crippen LogP contribution in [0.25, 0.3) is 0 Å². The minimum atomic E-state index is -1.47. The molecule has 2 aromatic rings. The first kappa shape index (κ1) is 26.0. The van der Waals surface area contributed by atoms with E-state index in [1.54, 1.807) is 27.3 Å². The standard InChI is InChI=1S/C26H35N3O7/c1-16(31)26(2)15-29(25(33)21(32)14-30)13-20(26)17-5-7-22(34-3)23(9-17)36-19-11-28(12-19)18-6-8-24(35-4)27-10-18/h5-10,16,19-21,30-32H,11-15H2,1-4H3/t16-,20+,21+,26+/m1/s1. The van der Waals surface area contributed by atoms with Crippen molar-refractivity contribution in [3.8, 4) is 17.4 Å². The van der Waals surface area contributed by atoms with Crippen molar-refractivity contribution >= 4 is 11.6 Å². The molecule has 4 atom stereocenters. The van der Waals surface area contributed by atoms with E-state index in [0.29, 0.717) is 37.0 Å². The third kappa shape index (κ3) is 4.93. The van der Waals surface area contributed by atoms with Crippen LogP contribution in [0.3, 0.4) is 0 Å². The molecular weight excluding hydrogens is 466 g/mol. The summed E-state index contributed by atoms with van der Waals surface area (Å²) in [6.45, 7) is 4.96. The number of amides is 1. The van der Waals surface area contributed by atoms with E-state index in [2.05, 4.69) is 9.88 Å². The summed E-state index contributed by atoms with van der Waals surface area (Å²) in [5.41, 5.74) is 1.24. The van der Waals surface area contributed by atoms with Gasteiger partial charge in [0.15, 0.2) is 17.6 Å². The van der Waals surface area contributed by atoms with Crippen LogP contribution in [0, 0.1) is 5.41 Å². The second kappa shape index (κ2) is 10.5. The van der Waals surface area contributed by atoms with Gasteiger partial charge in [0.1, 0.15) is 6.10 Å². The lowest BCUT2D eigenvalue weighted by atomic mass is 9.72. The van der Waals surface area contributed by atoms with E-state index in [1.165, 1.54) is 4.90 Å². The number of rotatable bonds is 9. The van der Waals surface area contributed by atoms with Crippen molar-refractivity contribution in [2.24, 2.45) is 5.41 Å². The van der Waals surface area contributed by atoms with Gasteiger partial charge < -0.3 is 39.3 Å². The lowest BCUT2D eigenvalue weighted by Crippen LogP contribution is -2.54. The molecule has 10 nitrogen and oxygen atoms in total. The van der Waals surface area contributed by atoms with Gasteiger partial charge in [-0.15, -0.1) is 0 Å². The van der Waals surface area contributed by atoms with E-state index in [9.17, 15) is 20.1 Å². The summed E-state index contributed by atoms with van der Waals surface area (Å²) in [6.07, 6.45) is -0.454. The highest BCUT2D eigenvalue weighted by Gasteiger charge is 2.49. The fourth-order valence-electron chi connectivity index (χ4n) is 4.97. The average Bonchev–Trinajstić information content (AvgIpc) is 3.23. The molecule has 0 aliphatic carbocycles. The summed E-state index contributed by atoms with van der Waals surface area (Å²) in [4.78, 5) is 20.5. The topological polar surface area (TPSA) is 125 Å². The van der Waals surface area contributed by atoms with Crippen molar-refractivity contribution in [3.05, 3.63) is 42.1 Å². The van der Waals surface area contributed by atoms with Crippen molar-refractivity contribution in [3.63, 3.8) is 0 Å². The molecule has 0 spiro atoms. The molecule has 0 saturated carbocycles. The van der Waals surface area contributed by atoms with Crippen LogP contribution in [-0.2, 0) is 4.79 Å². The molecule has 3 heterocycles. The lowest BCUT2D eigenvalue weighted by Gasteiger charge is -2.40. The number of carbonyl (C=O) groups is 1. The Morgan fingerprint density at radius 3 is 2.47 bits per heavy atom. The first-order valence-corrected chi connectivity index (χ1v) is 12.1. The van der Waals surface area contributed by atoms with Crippen LogP contribution in [0.2, 0.25) is 0 Å². The number of carbonyl (C=O) groups excluding carboxylic acids is 1. The predicted molar refractivity (Wildman–Crippen MR) is 133 cm³/mol. The molecule has 2 fully saturated rings. The zero-order chi connectivity index (χ0) is 26.0. The molecule has 3 N–H and O–H groups in total. The number of aliphatic hydroxyl groups is 3. The van der Waals surface area contributed by atoms with E-state index >= 15 is 0 Å². The number of benzene rings is 1. The highest BCUT2D eigenvalue weighted by molar-refractivity contribution is 5.81. The number of pyridine rings is 1. The van der Waals surface area contributed by atoms with Crippen LogP contribution in [-0.4, -0.2) is 96.4 Å². The Morgan fingerprint density at radius 2 is 1.89 bits per heavy atom. The largest absolute Gasteiger partial charge is 0.493 e. The minimum absolute atomic E-state index is 0.0410. The van der Waals surface area contributed by atoms with Crippen molar-refractivity contribution in [1.82, 2.24) is 9.88 Å². The summed E-state index contributed by atoms with van der Waals surface area (Å²) in [5, 5.41) is 29.7. The van der Waals surface area contributed by atoms with Crippen molar-refractivity contribution in [1.29, 1.82) is 0 Å². The summed E-state index contributed by atoms with van der Waals surface area (Å²) >= 11 is 0. The van der Waals surface area contributed by atoms with Crippen LogP contribution in [0.1, 0.15) is 25.3 Å². The number of aromatic nitrogens is 1. The number of likely N-dealkylation sites (tertiary alicyclic amines) is 1. The second-order valence-electron chi connectivity index (χ2n) is 9.77. The molecule has 196 valence electrons. The van der Waals surface area contributed by atoms with Crippen molar-refractivity contribution in [2.45, 2.75) is 38.1 Å². The molecule has 0 bridgehead atoms. The van der Waals surface area contributed by atoms with Gasteiger partial charge in [0.25, 0.3) is 5.91 Å². The fourth-order valence-corrected chi connectivity index (χ4v) is 4.97. The van der Waals surface area contributed by atoms with Crippen LogP contribution in [0.5, 0.6) is 17.4 Å². The molecule has 10 heteroatoms. The number of nitrogens with zero attached hydrogens (tertiary/aromatic N) is 3. The summed E-state index contributed by atoms with van der Waals surface area (Å²) in [5.74, 6) is 1.02. The summed E-state index contributed by atoms with van der Waals surface area (Å²) in [6, 6.07) is 9.46. The minimum Gasteiger partial charge on any atom is -0.493 e. The second-order valence-corrected chi connectivity index (χ2v) is 9.77. The van der Waals surface area contributed by atoms with Gasteiger partial charge in [-0.2, -0.15) is 0 Å². The van der Waals surface area contributed by atoms with Crippen LogP contribution >= 0.6 is 0 Å². The maximum atomic E-state index is 12.6. The van der Waals surface area contributed by atoms with Crippen LogP contribution in [0.4, 0.5) is 5.69 Å². The number of ether oxygens (including phenoxy) is 3. The molecule has 36 heavy (non-hydrogen) atoms. The fraction of sp³-hybridized carbons (Fsp3) is 0.538. The van der Waals surface area contributed by atoms with Gasteiger partial charge in [0.2, 0.25) is 5.88 Å². The van der Waals surface area contributed by atoms with Gasteiger partial charge >= 0.3 is 0 Å². The average molecular weight is 502 g/mol. The molecule has 1 aromatic carbocycles. The van der Waals surface area contributed by atoms with Crippen LogP contribution < -0.4 is 19.1 Å². The first-order chi connectivity index (χ1) is 17.2. The zero-order valence-electron chi connectivity index (χ0n) is 21.1. The van der Waals surface area contributed by atoms with Gasteiger partial charge in [-0.25, -0.2) is 4.98 Å². The van der Waals surface area contributed by atoms with E-state index < -0.39 is 30.1 Å². The first-order valence-electron chi connectivity index (χ1n) is 12.1. The molecule has 2 aliphatic heterocycles. The Kier molecular flexibility index (Phi) is 7.58. The van der Waals surface area contributed by atoms with E-state index in [-0.39, 0.29) is 18.6 Å². The highest BCUT2D eigenvalue weighted by Crippen LogP contribution is 2.47. The molecule has 2 saturated heterocycles. The Bertz CT molecular complexity index is 1060. The summed E-state index contributed by atoms with van der Waals surface area (Å²) < 4.78 is 17.0. The number of anilines is 1. The Labute approximate surface area is 211 Å².